The number of hydrogen-bond donors (Lipinski definition) is 1. The molecule has 1 N–H and O–H groups in total. The molecule has 0 spiro atoms. The number of pyridine rings is 2. The van der Waals surface area contributed by atoms with Crippen LogP contribution in [-0.2, 0) is 6.42 Å². The highest BCUT2D eigenvalue weighted by Gasteiger charge is 2.40. The van der Waals surface area contributed by atoms with Crippen LogP contribution >= 0.6 is 0 Å². The van der Waals surface area contributed by atoms with E-state index in [4.69, 9.17) is 4.98 Å². The molecule has 3 aromatic rings. The number of fused-ring (bicyclic) bond motifs is 4. The van der Waals surface area contributed by atoms with Gasteiger partial charge in [-0.1, -0.05) is 6.92 Å². The molecule has 0 aliphatic carbocycles. The summed E-state index contributed by atoms with van der Waals surface area (Å²) in [5.74, 6) is 1.12. The molecule has 1 unspecified atom stereocenters. The first-order chi connectivity index (χ1) is 14.6. The maximum atomic E-state index is 13.2. The Bertz CT molecular complexity index is 1080. The summed E-state index contributed by atoms with van der Waals surface area (Å²) in [6.07, 6.45) is 6.82. The van der Waals surface area contributed by atoms with Gasteiger partial charge in [0.25, 0.3) is 0 Å². The predicted octanol–water partition coefficient (Wildman–Crippen LogP) is 3.44. The van der Waals surface area contributed by atoms with Crippen LogP contribution in [0.4, 0.5) is 22.1 Å². The normalized spacial score (nSPS) is 17.1. The van der Waals surface area contributed by atoms with Crippen molar-refractivity contribution in [3.05, 3.63) is 54.2 Å². The molecule has 5 heterocycles. The topological polar surface area (TPSA) is 87.1 Å². The number of anilines is 3. The van der Waals surface area contributed by atoms with E-state index in [1.807, 2.05) is 38.2 Å². The van der Waals surface area contributed by atoms with Gasteiger partial charge in [0.2, 0.25) is 0 Å². The summed E-state index contributed by atoms with van der Waals surface area (Å²) in [7, 11) is 0. The van der Waals surface area contributed by atoms with Crippen LogP contribution < -0.4 is 15.1 Å². The van der Waals surface area contributed by atoms with Crippen molar-refractivity contribution in [1.82, 2.24) is 19.9 Å². The van der Waals surface area contributed by atoms with E-state index in [0.717, 1.165) is 54.3 Å². The fourth-order valence-corrected chi connectivity index (χ4v) is 4.02. The van der Waals surface area contributed by atoms with Gasteiger partial charge in [0.1, 0.15) is 0 Å². The molecule has 1 fully saturated rings. The lowest BCUT2D eigenvalue weighted by Gasteiger charge is -2.35. The third-order valence-corrected chi connectivity index (χ3v) is 5.68. The van der Waals surface area contributed by atoms with Gasteiger partial charge in [0.05, 0.1) is 35.5 Å². The van der Waals surface area contributed by atoms with Crippen LogP contribution in [0.2, 0.25) is 0 Å². The molecule has 152 valence electrons. The summed E-state index contributed by atoms with van der Waals surface area (Å²) < 4.78 is 0. The van der Waals surface area contributed by atoms with Crippen molar-refractivity contribution in [2.75, 3.05) is 28.2 Å². The second-order valence-electron chi connectivity index (χ2n) is 7.66. The number of nitrogens with zero attached hydrogens (tertiary/aromatic N) is 6. The van der Waals surface area contributed by atoms with Crippen LogP contribution in [0.1, 0.15) is 24.7 Å². The summed E-state index contributed by atoms with van der Waals surface area (Å²) in [5, 5.41) is 2.90. The number of nitrogens with one attached hydrogen (secondary N) is 1. The lowest BCUT2D eigenvalue weighted by Crippen LogP contribution is -2.48. The van der Waals surface area contributed by atoms with Crippen LogP contribution in [-0.4, -0.2) is 45.1 Å². The summed E-state index contributed by atoms with van der Waals surface area (Å²) in [6, 6.07) is 7.87. The maximum Gasteiger partial charge on any atom is 0.329 e. The van der Waals surface area contributed by atoms with Crippen molar-refractivity contribution >= 4 is 23.4 Å². The molecule has 5 rings (SSSR count). The minimum absolute atomic E-state index is 0.0827. The Labute approximate surface area is 175 Å². The van der Waals surface area contributed by atoms with Crippen molar-refractivity contribution in [2.45, 2.75) is 32.7 Å². The second kappa shape index (κ2) is 7.37. The van der Waals surface area contributed by atoms with Crippen LogP contribution in [0.25, 0.3) is 11.3 Å². The number of carbonyl (C=O) groups excluding carboxylic acids is 1. The molecular weight excluding hydrogens is 378 g/mol. The van der Waals surface area contributed by atoms with Crippen LogP contribution in [0.3, 0.4) is 0 Å². The van der Waals surface area contributed by atoms with E-state index in [-0.39, 0.29) is 12.1 Å². The summed E-state index contributed by atoms with van der Waals surface area (Å²) in [4.78, 5) is 35.2. The van der Waals surface area contributed by atoms with Gasteiger partial charge in [-0.2, -0.15) is 0 Å². The van der Waals surface area contributed by atoms with Gasteiger partial charge >= 0.3 is 6.03 Å². The lowest BCUT2D eigenvalue weighted by molar-refractivity contribution is 0.254. The molecule has 8 nitrogen and oxygen atoms in total. The van der Waals surface area contributed by atoms with Crippen molar-refractivity contribution < 1.29 is 4.79 Å². The number of amides is 2. The summed E-state index contributed by atoms with van der Waals surface area (Å²) in [6.45, 7) is 5.70. The minimum atomic E-state index is -0.229. The second-order valence-corrected chi connectivity index (χ2v) is 7.66. The Kier molecular flexibility index (Phi) is 4.54. The van der Waals surface area contributed by atoms with Gasteiger partial charge in [-0.05, 0) is 44.0 Å². The molecule has 0 radical (unpaired) electrons. The largest absolute Gasteiger partial charge is 0.366 e. The fourth-order valence-electron chi connectivity index (χ4n) is 4.02. The van der Waals surface area contributed by atoms with E-state index in [0.29, 0.717) is 11.6 Å². The van der Waals surface area contributed by atoms with Crippen molar-refractivity contribution in [1.29, 1.82) is 0 Å². The van der Waals surface area contributed by atoms with Gasteiger partial charge in [0, 0.05) is 30.5 Å². The third-order valence-electron chi connectivity index (χ3n) is 5.68. The molecule has 1 atom stereocenters. The Hall–Kier alpha value is -3.55. The molecule has 0 saturated carbocycles. The summed E-state index contributed by atoms with van der Waals surface area (Å²) >= 11 is 0. The average molecular weight is 401 g/mol. The monoisotopic (exact) mass is 401 g/mol. The van der Waals surface area contributed by atoms with Gasteiger partial charge in [-0.25, -0.2) is 14.8 Å². The Morgan fingerprint density at radius 2 is 2.03 bits per heavy atom. The SMILES string of the molecule is CCc1cnc(NC(=O)N2c3nc(-c4ccc(C)nc4)ccc3N3CCC2C3)cn1. The third kappa shape index (κ3) is 3.24. The summed E-state index contributed by atoms with van der Waals surface area (Å²) in [5.41, 5.74) is 4.55. The van der Waals surface area contributed by atoms with Gasteiger partial charge in [-0.15, -0.1) is 0 Å². The first-order valence-electron chi connectivity index (χ1n) is 10.2. The number of rotatable bonds is 3. The predicted molar refractivity (Wildman–Crippen MR) is 116 cm³/mol. The minimum Gasteiger partial charge on any atom is -0.366 e. The van der Waals surface area contributed by atoms with Crippen molar-refractivity contribution in [2.24, 2.45) is 0 Å². The lowest BCUT2D eigenvalue weighted by atomic mass is 10.1. The number of aryl methyl sites for hydroxylation is 2. The van der Waals surface area contributed by atoms with Crippen LogP contribution in [0.15, 0.2) is 42.9 Å². The first kappa shape index (κ1) is 18.5. The van der Waals surface area contributed by atoms with Gasteiger partial charge in [0.15, 0.2) is 11.6 Å². The van der Waals surface area contributed by atoms with Crippen molar-refractivity contribution in [3.63, 3.8) is 0 Å². The Morgan fingerprint density at radius 3 is 2.77 bits per heavy atom. The molecule has 8 heteroatoms. The van der Waals surface area contributed by atoms with E-state index in [2.05, 4.69) is 31.2 Å². The zero-order valence-corrected chi connectivity index (χ0v) is 17.0. The van der Waals surface area contributed by atoms with Gasteiger partial charge < -0.3 is 4.90 Å². The van der Waals surface area contributed by atoms with E-state index < -0.39 is 0 Å². The highest BCUT2D eigenvalue weighted by Crippen LogP contribution is 2.40. The van der Waals surface area contributed by atoms with E-state index >= 15 is 0 Å². The van der Waals surface area contributed by atoms with E-state index in [9.17, 15) is 4.79 Å². The van der Waals surface area contributed by atoms with E-state index in [1.54, 1.807) is 17.3 Å². The number of carbonyl (C=O) groups is 1. The van der Waals surface area contributed by atoms with Crippen LogP contribution in [0, 0.1) is 6.92 Å². The fraction of sp³-hybridized carbons (Fsp3) is 0.318. The van der Waals surface area contributed by atoms with E-state index in [1.165, 1.54) is 0 Å². The number of hydrogen-bond acceptors (Lipinski definition) is 6. The maximum absolute atomic E-state index is 13.2. The Balaban J connectivity index is 1.49. The van der Waals surface area contributed by atoms with Crippen molar-refractivity contribution in [3.8, 4) is 11.3 Å². The first-order valence-corrected chi connectivity index (χ1v) is 10.2. The average Bonchev–Trinajstić information content (AvgIpc) is 3.19. The molecular formula is C22H23N7O. The standard InChI is InChI=1S/C22H23N7O/c1-3-16-11-25-20(12-24-16)27-22(30)29-17-8-9-28(13-17)19-7-6-18(26-21(19)29)15-5-4-14(2)23-10-15/h4-7,10-12,17H,3,8-9,13H2,1-2H3,(H,25,27,30). The highest BCUT2D eigenvalue weighted by atomic mass is 16.2. The molecule has 1 saturated heterocycles. The molecule has 2 amide bonds. The molecule has 0 aromatic carbocycles. The number of urea groups is 1. The zero-order chi connectivity index (χ0) is 20.7. The molecule has 2 aliphatic heterocycles. The Morgan fingerprint density at radius 1 is 1.13 bits per heavy atom. The molecule has 2 aliphatic rings. The zero-order valence-electron chi connectivity index (χ0n) is 17.0. The number of aromatic nitrogens is 4. The quantitative estimate of drug-likeness (QED) is 0.723. The smallest absolute Gasteiger partial charge is 0.329 e. The van der Waals surface area contributed by atoms with Crippen LogP contribution in [0.5, 0.6) is 0 Å². The molecule has 3 aromatic heterocycles. The molecule has 2 bridgehead atoms. The molecule has 30 heavy (non-hydrogen) atoms. The van der Waals surface area contributed by atoms with Gasteiger partial charge in [-0.3, -0.25) is 20.2 Å². The highest BCUT2D eigenvalue weighted by molar-refractivity contribution is 6.04.